The molecule has 24 heavy (non-hydrogen) atoms. The number of carbonyl (C=O) groups excluding carboxylic acids is 1. The molecule has 2 aromatic heterocycles. The summed E-state index contributed by atoms with van der Waals surface area (Å²) in [7, 11) is 0. The molecule has 7 heteroatoms. The average molecular weight is 350 g/mol. The highest BCUT2D eigenvalue weighted by molar-refractivity contribution is 7.99. The number of aryl methyl sites for hydroxylation is 2. The van der Waals surface area contributed by atoms with Crippen molar-refractivity contribution < 1.29 is 4.79 Å². The molecule has 0 saturated heterocycles. The summed E-state index contributed by atoms with van der Waals surface area (Å²) in [6, 6.07) is 2.17. The molecule has 0 bridgehead atoms. The Kier molecular flexibility index (Phi) is 6.60. The number of hydrogen-bond acceptors (Lipinski definition) is 5. The maximum atomic E-state index is 12.1. The zero-order chi connectivity index (χ0) is 17.7. The van der Waals surface area contributed by atoms with Crippen molar-refractivity contribution in [3.8, 4) is 0 Å². The summed E-state index contributed by atoms with van der Waals surface area (Å²) in [4.78, 5) is 20.8. The topological polar surface area (TPSA) is 72.2 Å². The number of amides is 1. The summed E-state index contributed by atoms with van der Waals surface area (Å²) < 4.78 is 1.71. The van der Waals surface area contributed by atoms with Gasteiger partial charge in [0.15, 0.2) is 0 Å². The second kappa shape index (κ2) is 8.46. The van der Waals surface area contributed by atoms with Crippen molar-refractivity contribution in [3.63, 3.8) is 0 Å². The molecule has 1 amide bonds. The van der Waals surface area contributed by atoms with E-state index in [2.05, 4.69) is 41.2 Å². The van der Waals surface area contributed by atoms with Crippen LogP contribution in [0.25, 0.3) is 5.78 Å². The normalized spacial score (nSPS) is 12.8. The Labute approximate surface area is 147 Å². The first-order valence-corrected chi connectivity index (χ1v) is 9.47. The first-order chi connectivity index (χ1) is 11.3. The Morgan fingerprint density at radius 1 is 1.25 bits per heavy atom. The van der Waals surface area contributed by atoms with Crippen LogP contribution in [0.2, 0.25) is 0 Å². The lowest BCUT2D eigenvalue weighted by Crippen LogP contribution is -2.33. The molecule has 0 aromatic carbocycles. The highest BCUT2D eigenvalue weighted by atomic mass is 32.2. The van der Waals surface area contributed by atoms with Crippen molar-refractivity contribution in [1.29, 1.82) is 0 Å². The van der Waals surface area contributed by atoms with Gasteiger partial charge in [-0.2, -0.15) is 4.98 Å². The van der Waals surface area contributed by atoms with Crippen LogP contribution in [0.5, 0.6) is 0 Å². The molecule has 2 rings (SSSR count). The van der Waals surface area contributed by atoms with E-state index in [0.29, 0.717) is 22.6 Å². The quantitative estimate of drug-likeness (QED) is 0.741. The number of fused-ring (bicyclic) bond motifs is 1. The summed E-state index contributed by atoms with van der Waals surface area (Å²) in [6.45, 7) is 10.4. The van der Waals surface area contributed by atoms with E-state index in [1.165, 1.54) is 18.2 Å². The number of nitrogens with zero attached hydrogens (tertiary/aromatic N) is 4. The lowest BCUT2D eigenvalue weighted by atomic mass is 10.0. The number of carbonyl (C=O) groups is 1. The van der Waals surface area contributed by atoms with Crippen LogP contribution in [0.1, 0.15) is 51.4 Å². The van der Waals surface area contributed by atoms with Crippen LogP contribution in [0, 0.1) is 19.8 Å². The van der Waals surface area contributed by atoms with Gasteiger partial charge in [-0.25, -0.2) is 9.50 Å². The molecule has 1 unspecified atom stereocenters. The lowest BCUT2D eigenvalue weighted by molar-refractivity contribution is -0.119. The summed E-state index contributed by atoms with van der Waals surface area (Å²) >= 11 is 1.34. The number of rotatable bonds is 8. The molecule has 6 nitrogen and oxygen atoms in total. The fraction of sp³-hybridized carbons (Fsp3) is 0.647. The Hall–Kier alpha value is -1.63. The number of aromatic nitrogens is 4. The first-order valence-electron chi connectivity index (χ1n) is 8.48. The second-order valence-electron chi connectivity index (χ2n) is 6.73. The van der Waals surface area contributed by atoms with Crippen molar-refractivity contribution >= 4 is 23.4 Å². The van der Waals surface area contributed by atoms with Gasteiger partial charge in [-0.3, -0.25) is 4.79 Å². The van der Waals surface area contributed by atoms with E-state index in [1.54, 1.807) is 4.52 Å². The molecule has 1 atom stereocenters. The Morgan fingerprint density at radius 3 is 2.71 bits per heavy atom. The largest absolute Gasteiger partial charge is 0.353 e. The van der Waals surface area contributed by atoms with Crippen molar-refractivity contribution in [1.82, 2.24) is 24.9 Å². The summed E-state index contributed by atoms with van der Waals surface area (Å²) in [6.07, 6.45) is 3.36. The predicted octanol–water partition coefficient (Wildman–Crippen LogP) is 3.16. The van der Waals surface area contributed by atoms with Crippen LogP contribution in [0.15, 0.2) is 11.2 Å². The molecule has 0 aliphatic carbocycles. The van der Waals surface area contributed by atoms with E-state index in [0.717, 1.165) is 24.2 Å². The number of nitrogens with one attached hydrogen (secondary N) is 1. The van der Waals surface area contributed by atoms with Crippen LogP contribution in [0.4, 0.5) is 0 Å². The Balaban J connectivity index is 1.82. The maximum absolute atomic E-state index is 12.1. The fourth-order valence-corrected chi connectivity index (χ4v) is 3.19. The van der Waals surface area contributed by atoms with Crippen molar-refractivity contribution in [2.75, 3.05) is 5.75 Å². The van der Waals surface area contributed by atoms with E-state index in [-0.39, 0.29) is 11.9 Å². The molecular formula is C17H27N5OS. The van der Waals surface area contributed by atoms with Gasteiger partial charge in [-0.1, -0.05) is 38.5 Å². The molecule has 0 saturated carbocycles. The monoisotopic (exact) mass is 349 g/mol. The molecular weight excluding hydrogens is 322 g/mol. The van der Waals surface area contributed by atoms with Gasteiger partial charge in [0.2, 0.25) is 11.1 Å². The molecule has 0 aliphatic heterocycles. The van der Waals surface area contributed by atoms with Gasteiger partial charge in [-0.05, 0) is 39.2 Å². The molecule has 2 aromatic rings. The Bertz CT molecular complexity index is 698. The van der Waals surface area contributed by atoms with Gasteiger partial charge in [0, 0.05) is 17.4 Å². The zero-order valence-electron chi connectivity index (χ0n) is 15.2. The predicted molar refractivity (Wildman–Crippen MR) is 97.3 cm³/mol. The molecule has 0 spiro atoms. The zero-order valence-corrected chi connectivity index (χ0v) is 16.0. The minimum Gasteiger partial charge on any atom is -0.353 e. The maximum Gasteiger partial charge on any atom is 0.253 e. The summed E-state index contributed by atoms with van der Waals surface area (Å²) in [5.74, 6) is 1.64. The van der Waals surface area contributed by atoms with Crippen LogP contribution in [-0.4, -0.2) is 37.3 Å². The molecule has 1 N–H and O–H groups in total. The Morgan fingerprint density at radius 2 is 2.00 bits per heavy atom. The third kappa shape index (κ3) is 5.47. The van der Waals surface area contributed by atoms with Gasteiger partial charge < -0.3 is 5.32 Å². The van der Waals surface area contributed by atoms with Crippen LogP contribution in [0.3, 0.4) is 0 Å². The van der Waals surface area contributed by atoms with Gasteiger partial charge >= 0.3 is 0 Å². The highest BCUT2D eigenvalue weighted by Gasteiger charge is 2.12. The molecule has 0 fully saturated rings. The first kappa shape index (κ1) is 18.7. The summed E-state index contributed by atoms with van der Waals surface area (Å²) in [5, 5.41) is 8.02. The number of hydrogen-bond donors (Lipinski definition) is 1. The van der Waals surface area contributed by atoms with E-state index >= 15 is 0 Å². The highest BCUT2D eigenvalue weighted by Crippen LogP contribution is 2.15. The molecule has 0 radical (unpaired) electrons. The summed E-state index contributed by atoms with van der Waals surface area (Å²) in [5.41, 5.74) is 1.90. The van der Waals surface area contributed by atoms with Crippen molar-refractivity contribution in [3.05, 3.63) is 17.5 Å². The smallest absolute Gasteiger partial charge is 0.253 e. The minimum atomic E-state index is 0.0248. The third-order valence-corrected chi connectivity index (χ3v) is 4.59. The third-order valence-electron chi connectivity index (χ3n) is 3.76. The average Bonchev–Trinajstić information content (AvgIpc) is 2.88. The standard InChI is InChI=1S/C17H27N5OS/c1-11(2)7-6-8-12(3)18-15(23)10-24-17-20-16-19-13(4)9-14(5)22(16)21-17/h9,11-12H,6-8,10H2,1-5H3,(H,18,23). The molecule has 0 aliphatic rings. The fourth-order valence-electron chi connectivity index (χ4n) is 2.56. The molecule has 132 valence electrons. The van der Waals surface area contributed by atoms with E-state index < -0.39 is 0 Å². The van der Waals surface area contributed by atoms with E-state index in [1.807, 2.05) is 19.9 Å². The van der Waals surface area contributed by atoms with Crippen LogP contribution in [-0.2, 0) is 4.79 Å². The lowest BCUT2D eigenvalue weighted by Gasteiger charge is -2.14. The SMILES string of the molecule is Cc1cc(C)n2nc(SCC(=O)NC(C)CCCC(C)C)nc2n1. The minimum absolute atomic E-state index is 0.0248. The van der Waals surface area contributed by atoms with Gasteiger partial charge in [-0.15, -0.1) is 5.10 Å². The van der Waals surface area contributed by atoms with Crippen LogP contribution < -0.4 is 5.32 Å². The van der Waals surface area contributed by atoms with Crippen molar-refractivity contribution in [2.45, 2.75) is 65.1 Å². The van der Waals surface area contributed by atoms with Gasteiger partial charge in [0.25, 0.3) is 5.78 Å². The van der Waals surface area contributed by atoms with Crippen LogP contribution >= 0.6 is 11.8 Å². The van der Waals surface area contributed by atoms with Crippen molar-refractivity contribution in [2.24, 2.45) is 5.92 Å². The van der Waals surface area contributed by atoms with Gasteiger partial charge in [0.05, 0.1) is 5.75 Å². The second-order valence-corrected chi connectivity index (χ2v) is 7.67. The van der Waals surface area contributed by atoms with E-state index in [9.17, 15) is 4.79 Å². The molecule has 2 heterocycles. The van der Waals surface area contributed by atoms with E-state index in [4.69, 9.17) is 0 Å². The van der Waals surface area contributed by atoms with Gasteiger partial charge in [0.1, 0.15) is 0 Å². The number of thioether (sulfide) groups is 1.